The van der Waals surface area contributed by atoms with Crippen molar-refractivity contribution in [3.05, 3.63) is 40.2 Å². The SMILES string of the molecule is CCC(=O)O[C@H]1c2c(ccc3ccc(=O)oc23)OC(C)(C)[C@H]1OC(C)=O. The second-order valence-corrected chi connectivity index (χ2v) is 6.65. The number of carbonyl (C=O) groups is 2. The van der Waals surface area contributed by atoms with Crippen LogP contribution in [0.5, 0.6) is 5.75 Å². The molecule has 0 amide bonds. The molecule has 0 radical (unpaired) electrons. The van der Waals surface area contributed by atoms with Crippen LogP contribution >= 0.6 is 0 Å². The molecule has 2 aromatic rings. The van der Waals surface area contributed by atoms with Gasteiger partial charge in [0.05, 0.1) is 5.56 Å². The van der Waals surface area contributed by atoms with Gasteiger partial charge in [0, 0.05) is 24.8 Å². The smallest absolute Gasteiger partial charge is 0.336 e. The van der Waals surface area contributed by atoms with Crippen molar-refractivity contribution in [2.45, 2.75) is 51.9 Å². The van der Waals surface area contributed by atoms with Crippen molar-refractivity contribution in [3.63, 3.8) is 0 Å². The van der Waals surface area contributed by atoms with E-state index in [0.29, 0.717) is 16.7 Å². The summed E-state index contributed by atoms with van der Waals surface area (Å²) in [6.07, 6.45) is -1.72. The molecule has 2 heterocycles. The summed E-state index contributed by atoms with van der Waals surface area (Å²) in [6, 6.07) is 6.38. The van der Waals surface area contributed by atoms with Crippen LogP contribution in [0.25, 0.3) is 11.0 Å². The van der Waals surface area contributed by atoms with Crippen LogP contribution in [0.2, 0.25) is 0 Å². The largest absolute Gasteiger partial charge is 0.483 e. The topological polar surface area (TPSA) is 92.0 Å². The van der Waals surface area contributed by atoms with Gasteiger partial charge in [0.15, 0.2) is 12.2 Å². The fourth-order valence-corrected chi connectivity index (χ4v) is 3.08. The molecule has 0 bridgehead atoms. The molecule has 138 valence electrons. The summed E-state index contributed by atoms with van der Waals surface area (Å²) in [5, 5.41) is 0.644. The molecular formula is C19H20O7. The Hall–Kier alpha value is -2.83. The van der Waals surface area contributed by atoms with Gasteiger partial charge in [-0.1, -0.05) is 6.92 Å². The third-order valence-electron chi connectivity index (χ3n) is 4.25. The number of hydrogen-bond acceptors (Lipinski definition) is 7. The van der Waals surface area contributed by atoms with Crippen LogP contribution in [0.15, 0.2) is 33.5 Å². The van der Waals surface area contributed by atoms with Gasteiger partial charge >= 0.3 is 17.6 Å². The predicted molar refractivity (Wildman–Crippen MR) is 91.9 cm³/mol. The number of esters is 2. The Labute approximate surface area is 149 Å². The summed E-state index contributed by atoms with van der Waals surface area (Å²) < 4.78 is 22.4. The van der Waals surface area contributed by atoms with Gasteiger partial charge < -0.3 is 18.6 Å². The van der Waals surface area contributed by atoms with Crippen LogP contribution in [0.4, 0.5) is 0 Å². The molecule has 7 heteroatoms. The summed E-state index contributed by atoms with van der Waals surface area (Å²) in [7, 11) is 0. The fourth-order valence-electron chi connectivity index (χ4n) is 3.08. The molecule has 1 aliphatic rings. The molecule has 3 rings (SSSR count). The lowest BCUT2D eigenvalue weighted by Crippen LogP contribution is -2.52. The van der Waals surface area contributed by atoms with Crippen molar-refractivity contribution in [1.29, 1.82) is 0 Å². The zero-order chi connectivity index (χ0) is 19.1. The second-order valence-electron chi connectivity index (χ2n) is 6.65. The van der Waals surface area contributed by atoms with E-state index < -0.39 is 35.4 Å². The monoisotopic (exact) mass is 360 g/mol. The van der Waals surface area contributed by atoms with Crippen molar-refractivity contribution < 1.29 is 28.2 Å². The van der Waals surface area contributed by atoms with E-state index in [1.165, 1.54) is 13.0 Å². The van der Waals surface area contributed by atoms with Crippen LogP contribution in [-0.2, 0) is 19.1 Å². The van der Waals surface area contributed by atoms with Crippen LogP contribution in [-0.4, -0.2) is 23.6 Å². The Morgan fingerprint density at radius 3 is 2.50 bits per heavy atom. The molecule has 0 saturated heterocycles. The first-order chi connectivity index (χ1) is 12.2. The number of hydrogen-bond donors (Lipinski definition) is 0. The first-order valence-corrected chi connectivity index (χ1v) is 8.35. The fraction of sp³-hybridized carbons (Fsp3) is 0.421. The average molecular weight is 360 g/mol. The summed E-state index contributed by atoms with van der Waals surface area (Å²) in [6.45, 7) is 6.41. The summed E-state index contributed by atoms with van der Waals surface area (Å²) in [4.78, 5) is 35.4. The molecule has 0 unspecified atom stereocenters. The summed E-state index contributed by atoms with van der Waals surface area (Å²) in [5.74, 6) is -0.588. The average Bonchev–Trinajstić information content (AvgIpc) is 2.56. The van der Waals surface area contributed by atoms with Crippen molar-refractivity contribution in [3.8, 4) is 5.75 Å². The number of ether oxygens (including phenoxy) is 3. The van der Waals surface area contributed by atoms with E-state index in [0.717, 1.165) is 0 Å². The van der Waals surface area contributed by atoms with E-state index >= 15 is 0 Å². The van der Waals surface area contributed by atoms with E-state index in [9.17, 15) is 14.4 Å². The van der Waals surface area contributed by atoms with Gasteiger partial charge in [-0.25, -0.2) is 4.79 Å². The molecule has 26 heavy (non-hydrogen) atoms. The number of fused-ring (bicyclic) bond motifs is 3. The standard InChI is InChI=1S/C19H20O7/c1-5-13(21)24-17-15-12(26-19(3,4)18(17)23-10(2)20)8-6-11-7-9-14(22)25-16(11)15/h6-9,17-18H,5H2,1-4H3/t17-,18-/m0/s1. The van der Waals surface area contributed by atoms with Gasteiger partial charge in [-0.3, -0.25) is 9.59 Å². The number of carbonyl (C=O) groups excluding carboxylic acids is 2. The van der Waals surface area contributed by atoms with E-state index in [-0.39, 0.29) is 12.0 Å². The van der Waals surface area contributed by atoms with Crippen molar-refractivity contribution >= 4 is 22.9 Å². The molecule has 0 aliphatic carbocycles. The molecule has 1 aromatic carbocycles. The van der Waals surface area contributed by atoms with Gasteiger partial charge in [-0.05, 0) is 32.0 Å². The normalized spacial score (nSPS) is 20.8. The highest BCUT2D eigenvalue weighted by molar-refractivity contribution is 5.83. The zero-order valence-electron chi connectivity index (χ0n) is 15.0. The van der Waals surface area contributed by atoms with Gasteiger partial charge in [0.1, 0.15) is 16.9 Å². The van der Waals surface area contributed by atoms with Crippen molar-refractivity contribution in [2.24, 2.45) is 0 Å². The molecule has 0 spiro atoms. The predicted octanol–water partition coefficient (Wildman–Crippen LogP) is 2.89. The minimum atomic E-state index is -0.959. The molecule has 1 aliphatic heterocycles. The Morgan fingerprint density at radius 1 is 1.15 bits per heavy atom. The van der Waals surface area contributed by atoms with Crippen LogP contribution in [0.3, 0.4) is 0 Å². The Bertz CT molecular complexity index is 925. The van der Waals surface area contributed by atoms with Gasteiger partial charge in [-0.2, -0.15) is 0 Å². The third kappa shape index (κ3) is 3.16. The Balaban J connectivity index is 2.26. The van der Waals surface area contributed by atoms with Gasteiger partial charge in [0.25, 0.3) is 0 Å². The van der Waals surface area contributed by atoms with E-state index in [1.54, 1.807) is 39.0 Å². The van der Waals surface area contributed by atoms with E-state index in [4.69, 9.17) is 18.6 Å². The second kappa shape index (κ2) is 6.48. The maximum atomic E-state index is 12.0. The molecule has 2 atom stereocenters. The maximum Gasteiger partial charge on any atom is 0.336 e. The lowest BCUT2D eigenvalue weighted by Gasteiger charge is -2.43. The highest BCUT2D eigenvalue weighted by atomic mass is 16.6. The van der Waals surface area contributed by atoms with Crippen LogP contribution in [0.1, 0.15) is 45.8 Å². The summed E-state index contributed by atoms with van der Waals surface area (Å²) in [5.41, 5.74) is -0.871. The molecule has 1 aromatic heterocycles. The lowest BCUT2D eigenvalue weighted by molar-refractivity contribution is -0.188. The molecule has 0 fully saturated rings. The Morgan fingerprint density at radius 2 is 1.85 bits per heavy atom. The third-order valence-corrected chi connectivity index (χ3v) is 4.25. The van der Waals surface area contributed by atoms with Crippen molar-refractivity contribution in [1.82, 2.24) is 0 Å². The maximum absolute atomic E-state index is 12.0. The number of benzene rings is 1. The minimum Gasteiger partial charge on any atom is -0.483 e. The molecule has 0 saturated carbocycles. The highest BCUT2D eigenvalue weighted by Crippen LogP contribution is 2.46. The minimum absolute atomic E-state index is 0.147. The van der Waals surface area contributed by atoms with Crippen LogP contribution < -0.4 is 10.4 Å². The number of rotatable bonds is 3. The van der Waals surface area contributed by atoms with Gasteiger partial charge in [-0.15, -0.1) is 0 Å². The molecule has 0 N–H and O–H groups in total. The zero-order valence-corrected chi connectivity index (χ0v) is 15.0. The van der Waals surface area contributed by atoms with Crippen molar-refractivity contribution in [2.75, 3.05) is 0 Å². The molecular weight excluding hydrogens is 340 g/mol. The van der Waals surface area contributed by atoms with E-state index in [1.807, 2.05) is 0 Å². The first-order valence-electron chi connectivity index (χ1n) is 8.35. The molecule has 7 nitrogen and oxygen atoms in total. The van der Waals surface area contributed by atoms with E-state index in [2.05, 4.69) is 0 Å². The quantitative estimate of drug-likeness (QED) is 0.614. The Kier molecular flexibility index (Phi) is 4.48. The van der Waals surface area contributed by atoms with Crippen LogP contribution in [0, 0.1) is 0 Å². The highest BCUT2D eigenvalue weighted by Gasteiger charge is 2.49. The first kappa shape index (κ1) is 18.0. The summed E-state index contributed by atoms with van der Waals surface area (Å²) >= 11 is 0. The van der Waals surface area contributed by atoms with Gasteiger partial charge in [0.2, 0.25) is 0 Å². The lowest BCUT2D eigenvalue weighted by atomic mass is 9.87.